The first-order valence-corrected chi connectivity index (χ1v) is 12.2. The second-order valence-corrected chi connectivity index (χ2v) is 9.35. The van der Waals surface area contributed by atoms with E-state index in [9.17, 15) is 29.0 Å². The van der Waals surface area contributed by atoms with Crippen molar-refractivity contribution in [3.8, 4) is 0 Å². The van der Waals surface area contributed by atoms with Gasteiger partial charge in [-0.1, -0.05) is 24.3 Å². The molecule has 0 aliphatic rings. The molecule has 0 bridgehead atoms. The van der Waals surface area contributed by atoms with Crippen LogP contribution in [0.25, 0.3) is 5.65 Å². The molecule has 2 aromatic heterocycles. The van der Waals surface area contributed by atoms with Gasteiger partial charge < -0.3 is 15.5 Å². The van der Waals surface area contributed by atoms with Crippen molar-refractivity contribution in [2.75, 3.05) is 6.54 Å². The van der Waals surface area contributed by atoms with Crippen LogP contribution >= 0.6 is 0 Å². The number of aryl methyl sites for hydroxylation is 2. The standard InChI is InChI=1S/C28H28FN5O5/c1-16-4-5-19(11-23(16)29)13-30-27(37)24-12-21(34-25(32-24)8-9-31-34)14-33(15-26(35)36)18(3)20-6-7-22(28(38)39)17(2)10-20/h4-12,18H,13-15H2,1-3H3,(H,30,37)(H,35,36)(H,38,39)/t18-/m0/s1. The number of carboxylic acid groups (broad SMARTS) is 2. The Morgan fingerprint density at radius 3 is 2.49 bits per heavy atom. The van der Waals surface area contributed by atoms with Crippen LogP contribution in [0.15, 0.2) is 54.7 Å². The number of aliphatic carboxylic acids is 1. The van der Waals surface area contributed by atoms with Gasteiger partial charge in [-0.05, 0) is 61.2 Å². The summed E-state index contributed by atoms with van der Waals surface area (Å²) in [4.78, 5) is 42.2. The van der Waals surface area contributed by atoms with Gasteiger partial charge >= 0.3 is 11.9 Å². The third-order valence-corrected chi connectivity index (χ3v) is 6.57. The molecule has 0 radical (unpaired) electrons. The molecular formula is C28H28FN5O5. The van der Waals surface area contributed by atoms with Gasteiger partial charge in [0, 0.05) is 25.2 Å². The van der Waals surface area contributed by atoms with Gasteiger partial charge in [0.15, 0.2) is 5.65 Å². The van der Waals surface area contributed by atoms with E-state index in [0.29, 0.717) is 28.0 Å². The Hall–Kier alpha value is -4.64. The lowest BCUT2D eigenvalue weighted by molar-refractivity contribution is -0.139. The highest BCUT2D eigenvalue weighted by molar-refractivity contribution is 5.92. The van der Waals surface area contributed by atoms with Crippen molar-refractivity contribution < 1.29 is 29.0 Å². The molecule has 4 aromatic rings. The Kier molecular flexibility index (Phi) is 8.01. The molecule has 0 unspecified atom stereocenters. The third-order valence-electron chi connectivity index (χ3n) is 6.57. The van der Waals surface area contributed by atoms with E-state index in [-0.39, 0.29) is 36.7 Å². The predicted octanol–water partition coefficient (Wildman–Crippen LogP) is 3.76. The normalized spacial score (nSPS) is 12.0. The van der Waals surface area contributed by atoms with Crippen LogP contribution in [0.4, 0.5) is 4.39 Å². The molecular weight excluding hydrogens is 505 g/mol. The summed E-state index contributed by atoms with van der Waals surface area (Å²) in [6, 6.07) is 12.4. The Balaban J connectivity index is 1.61. The van der Waals surface area contributed by atoms with Crippen molar-refractivity contribution in [1.82, 2.24) is 24.8 Å². The van der Waals surface area contributed by atoms with Gasteiger partial charge in [-0.25, -0.2) is 18.7 Å². The zero-order valence-corrected chi connectivity index (χ0v) is 21.7. The molecule has 0 spiro atoms. The number of hydrogen-bond donors (Lipinski definition) is 3. The number of carboxylic acids is 2. The molecule has 0 fully saturated rings. The molecule has 39 heavy (non-hydrogen) atoms. The van der Waals surface area contributed by atoms with E-state index >= 15 is 0 Å². The van der Waals surface area contributed by atoms with Crippen molar-refractivity contribution in [3.05, 3.63) is 99.8 Å². The number of amides is 1. The van der Waals surface area contributed by atoms with Gasteiger partial charge in [0.25, 0.3) is 5.91 Å². The minimum atomic E-state index is -1.05. The Morgan fingerprint density at radius 1 is 1.05 bits per heavy atom. The van der Waals surface area contributed by atoms with Crippen LogP contribution < -0.4 is 5.32 Å². The van der Waals surface area contributed by atoms with Crippen molar-refractivity contribution in [2.45, 2.75) is 39.9 Å². The summed E-state index contributed by atoms with van der Waals surface area (Å²) >= 11 is 0. The molecule has 202 valence electrons. The first-order chi connectivity index (χ1) is 18.5. The lowest BCUT2D eigenvalue weighted by atomic mass is 10.00. The number of halogens is 1. The Bertz CT molecular complexity index is 1570. The molecule has 2 aromatic carbocycles. The van der Waals surface area contributed by atoms with E-state index < -0.39 is 23.9 Å². The van der Waals surface area contributed by atoms with E-state index in [1.165, 1.54) is 22.8 Å². The molecule has 4 rings (SSSR count). The van der Waals surface area contributed by atoms with Gasteiger partial charge in [0.1, 0.15) is 11.5 Å². The van der Waals surface area contributed by atoms with Gasteiger partial charge in [-0.2, -0.15) is 5.10 Å². The van der Waals surface area contributed by atoms with Crippen LogP contribution in [-0.2, 0) is 17.9 Å². The number of hydrogen-bond acceptors (Lipinski definition) is 6. The molecule has 0 saturated carbocycles. The summed E-state index contributed by atoms with van der Waals surface area (Å²) in [5.41, 5.74) is 3.63. The summed E-state index contributed by atoms with van der Waals surface area (Å²) < 4.78 is 15.4. The number of carbonyl (C=O) groups is 3. The van der Waals surface area contributed by atoms with Gasteiger partial charge in [-0.3, -0.25) is 14.5 Å². The highest BCUT2D eigenvalue weighted by Gasteiger charge is 2.23. The fourth-order valence-electron chi connectivity index (χ4n) is 4.33. The molecule has 0 aliphatic heterocycles. The average Bonchev–Trinajstić information content (AvgIpc) is 3.37. The number of benzene rings is 2. The number of carbonyl (C=O) groups excluding carboxylic acids is 1. The van der Waals surface area contributed by atoms with Gasteiger partial charge in [0.05, 0.1) is 24.0 Å². The first kappa shape index (κ1) is 27.4. The molecule has 3 N–H and O–H groups in total. The number of fused-ring (bicyclic) bond motifs is 1. The molecule has 10 nitrogen and oxygen atoms in total. The third kappa shape index (κ3) is 6.27. The molecule has 0 aliphatic carbocycles. The van der Waals surface area contributed by atoms with Crippen LogP contribution in [0, 0.1) is 19.7 Å². The minimum absolute atomic E-state index is 0.103. The zero-order valence-electron chi connectivity index (χ0n) is 21.7. The van der Waals surface area contributed by atoms with E-state index in [0.717, 1.165) is 5.56 Å². The summed E-state index contributed by atoms with van der Waals surface area (Å²) in [5.74, 6) is -2.91. The molecule has 1 atom stereocenters. The zero-order chi connectivity index (χ0) is 28.3. The summed E-state index contributed by atoms with van der Waals surface area (Å²) in [7, 11) is 0. The first-order valence-electron chi connectivity index (χ1n) is 12.2. The van der Waals surface area contributed by atoms with E-state index in [1.54, 1.807) is 55.1 Å². The molecule has 1 amide bonds. The largest absolute Gasteiger partial charge is 0.480 e. The second kappa shape index (κ2) is 11.4. The quantitative estimate of drug-likeness (QED) is 0.280. The summed E-state index contributed by atoms with van der Waals surface area (Å²) in [5, 5.41) is 26.0. The highest BCUT2D eigenvalue weighted by atomic mass is 19.1. The maximum absolute atomic E-state index is 13.9. The van der Waals surface area contributed by atoms with E-state index in [1.807, 2.05) is 6.92 Å². The average molecular weight is 534 g/mol. The molecule has 2 heterocycles. The lowest BCUT2D eigenvalue weighted by Crippen LogP contribution is -2.33. The fourth-order valence-corrected chi connectivity index (χ4v) is 4.33. The summed E-state index contributed by atoms with van der Waals surface area (Å²) in [6.07, 6.45) is 1.53. The van der Waals surface area contributed by atoms with E-state index in [2.05, 4.69) is 15.4 Å². The Morgan fingerprint density at radius 2 is 1.82 bits per heavy atom. The second-order valence-electron chi connectivity index (χ2n) is 9.35. The number of nitrogens with zero attached hydrogens (tertiary/aromatic N) is 4. The molecule has 0 saturated heterocycles. The fraction of sp³-hybridized carbons (Fsp3) is 0.250. The Labute approximate surface area is 223 Å². The van der Waals surface area contributed by atoms with Crippen molar-refractivity contribution in [3.63, 3.8) is 0 Å². The maximum Gasteiger partial charge on any atom is 0.335 e. The van der Waals surface area contributed by atoms with Crippen molar-refractivity contribution >= 4 is 23.5 Å². The SMILES string of the molecule is Cc1ccc(CNC(=O)c2cc(CN(CC(=O)O)[C@@H](C)c3ccc(C(=O)O)c(C)c3)n3nccc3n2)cc1F. The number of rotatable bonds is 10. The maximum atomic E-state index is 13.9. The van der Waals surface area contributed by atoms with Gasteiger partial charge in [0.2, 0.25) is 0 Å². The van der Waals surface area contributed by atoms with Crippen LogP contribution in [0.3, 0.4) is 0 Å². The number of aromatic nitrogens is 3. The lowest BCUT2D eigenvalue weighted by Gasteiger charge is -2.28. The predicted molar refractivity (Wildman–Crippen MR) is 140 cm³/mol. The number of nitrogens with one attached hydrogen (secondary N) is 1. The molecule has 11 heteroatoms. The smallest absolute Gasteiger partial charge is 0.335 e. The van der Waals surface area contributed by atoms with Crippen molar-refractivity contribution in [1.29, 1.82) is 0 Å². The van der Waals surface area contributed by atoms with Crippen LogP contribution in [0.2, 0.25) is 0 Å². The van der Waals surface area contributed by atoms with Crippen LogP contribution in [0.5, 0.6) is 0 Å². The monoisotopic (exact) mass is 533 g/mol. The van der Waals surface area contributed by atoms with Crippen molar-refractivity contribution in [2.24, 2.45) is 0 Å². The minimum Gasteiger partial charge on any atom is -0.480 e. The highest BCUT2D eigenvalue weighted by Crippen LogP contribution is 2.25. The van der Waals surface area contributed by atoms with E-state index in [4.69, 9.17) is 0 Å². The van der Waals surface area contributed by atoms with Crippen LogP contribution in [0.1, 0.15) is 61.8 Å². The number of aromatic carboxylic acids is 1. The summed E-state index contributed by atoms with van der Waals surface area (Å²) in [6.45, 7) is 5.07. The van der Waals surface area contributed by atoms with Crippen LogP contribution in [-0.4, -0.2) is 54.1 Å². The van der Waals surface area contributed by atoms with Gasteiger partial charge in [-0.15, -0.1) is 0 Å². The topological polar surface area (TPSA) is 137 Å².